The number of nitrogens with zero attached hydrogens (tertiary/aromatic N) is 2. The van der Waals surface area contributed by atoms with Crippen LogP contribution in [-0.2, 0) is 0 Å². The molecule has 0 aromatic heterocycles. The van der Waals surface area contributed by atoms with Crippen LogP contribution in [0.3, 0.4) is 0 Å². The van der Waals surface area contributed by atoms with Gasteiger partial charge in [-0.25, -0.2) is 0 Å². The maximum Gasteiger partial charge on any atom is 0.0991 e. The van der Waals surface area contributed by atoms with Crippen molar-refractivity contribution >= 4 is 17.3 Å². The average molecular weight is 302 g/mol. The minimum Gasteiger partial charge on any atom is -0.378 e. The second-order valence-corrected chi connectivity index (χ2v) is 5.58. The summed E-state index contributed by atoms with van der Waals surface area (Å²) in [6.45, 7) is 2.14. The SMILES string of the molecule is CC/C(=C\C=C\c1ccc(N(C)C)cc1)c1ccc(C#N)cc1. The van der Waals surface area contributed by atoms with E-state index in [1.54, 1.807) is 0 Å². The predicted octanol–water partition coefficient (Wildman–Crippen LogP) is 5.13. The Morgan fingerprint density at radius 2 is 1.70 bits per heavy atom. The molecule has 2 heteroatoms. The molecule has 0 amide bonds. The highest BCUT2D eigenvalue weighted by Crippen LogP contribution is 2.19. The standard InChI is InChI=1S/C21H22N2/c1-4-19(20-12-8-18(16-22)9-13-20)7-5-6-17-10-14-21(15-11-17)23(2)3/h5-15H,4H2,1-3H3/b6-5+,19-7+. The first-order valence-corrected chi connectivity index (χ1v) is 7.79. The Morgan fingerprint density at radius 1 is 1.04 bits per heavy atom. The van der Waals surface area contributed by atoms with Crippen LogP contribution in [0.2, 0.25) is 0 Å². The van der Waals surface area contributed by atoms with Crippen molar-refractivity contribution in [2.24, 2.45) is 0 Å². The van der Waals surface area contributed by atoms with Gasteiger partial charge in [0.25, 0.3) is 0 Å². The van der Waals surface area contributed by atoms with Gasteiger partial charge >= 0.3 is 0 Å². The van der Waals surface area contributed by atoms with Gasteiger partial charge in [-0.15, -0.1) is 0 Å². The summed E-state index contributed by atoms with van der Waals surface area (Å²) in [5.74, 6) is 0. The molecule has 2 rings (SSSR count). The molecular formula is C21H22N2. The molecule has 0 saturated heterocycles. The van der Waals surface area contributed by atoms with Crippen molar-refractivity contribution in [1.82, 2.24) is 0 Å². The molecular weight excluding hydrogens is 280 g/mol. The Hall–Kier alpha value is -2.79. The van der Waals surface area contributed by atoms with Crippen molar-refractivity contribution in [2.75, 3.05) is 19.0 Å². The third kappa shape index (κ3) is 4.59. The van der Waals surface area contributed by atoms with Crippen LogP contribution in [-0.4, -0.2) is 14.1 Å². The van der Waals surface area contributed by atoms with Crippen LogP contribution in [0.4, 0.5) is 5.69 Å². The number of hydrogen-bond acceptors (Lipinski definition) is 2. The number of hydrogen-bond donors (Lipinski definition) is 0. The Kier molecular flexibility index (Phi) is 5.77. The molecule has 0 saturated carbocycles. The number of benzene rings is 2. The van der Waals surface area contributed by atoms with E-state index in [4.69, 9.17) is 5.26 Å². The lowest BCUT2D eigenvalue weighted by atomic mass is 10.0. The molecule has 0 heterocycles. The topological polar surface area (TPSA) is 27.0 Å². The van der Waals surface area contributed by atoms with E-state index in [-0.39, 0.29) is 0 Å². The van der Waals surface area contributed by atoms with Crippen LogP contribution in [0.1, 0.15) is 30.0 Å². The molecule has 116 valence electrons. The van der Waals surface area contributed by atoms with Crippen molar-refractivity contribution in [3.05, 3.63) is 77.4 Å². The third-order valence-corrected chi connectivity index (χ3v) is 3.76. The summed E-state index contributed by atoms with van der Waals surface area (Å²) in [5.41, 5.74) is 5.50. The molecule has 2 aromatic rings. The van der Waals surface area contributed by atoms with Gasteiger partial charge < -0.3 is 4.90 Å². The summed E-state index contributed by atoms with van der Waals surface area (Å²) in [4.78, 5) is 2.09. The van der Waals surface area contributed by atoms with Gasteiger partial charge in [0.15, 0.2) is 0 Å². The van der Waals surface area contributed by atoms with Gasteiger partial charge in [-0.1, -0.05) is 49.4 Å². The average Bonchev–Trinajstić information content (AvgIpc) is 2.59. The van der Waals surface area contributed by atoms with E-state index in [0.717, 1.165) is 6.42 Å². The first kappa shape index (κ1) is 16.6. The van der Waals surface area contributed by atoms with Crippen molar-refractivity contribution < 1.29 is 0 Å². The largest absolute Gasteiger partial charge is 0.378 e. The van der Waals surface area contributed by atoms with Gasteiger partial charge in [0.1, 0.15) is 0 Å². The van der Waals surface area contributed by atoms with Crippen molar-refractivity contribution in [3.63, 3.8) is 0 Å². The second-order valence-electron chi connectivity index (χ2n) is 5.58. The van der Waals surface area contributed by atoms with Gasteiger partial charge in [0.2, 0.25) is 0 Å². The van der Waals surface area contributed by atoms with Crippen LogP contribution >= 0.6 is 0 Å². The van der Waals surface area contributed by atoms with E-state index in [0.29, 0.717) is 5.56 Å². The molecule has 2 nitrogen and oxygen atoms in total. The molecule has 0 N–H and O–H groups in total. The summed E-state index contributed by atoms with van der Waals surface area (Å²) < 4.78 is 0. The smallest absolute Gasteiger partial charge is 0.0991 e. The van der Waals surface area contributed by atoms with E-state index < -0.39 is 0 Å². The molecule has 0 unspecified atom stereocenters. The Balaban J connectivity index is 2.13. The highest BCUT2D eigenvalue weighted by Gasteiger charge is 1.98. The summed E-state index contributed by atoms with van der Waals surface area (Å²) in [6, 6.07) is 18.4. The number of allylic oxidation sites excluding steroid dienone is 3. The molecule has 2 aromatic carbocycles. The Labute approximate surface area is 139 Å². The molecule has 0 spiro atoms. The molecule has 0 fully saturated rings. The zero-order valence-corrected chi connectivity index (χ0v) is 14.0. The first-order chi connectivity index (χ1) is 11.1. The Bertz CT molecular complexity index is 727. The quantitative estimate of drug-likeness (QED) is 0.716. The summed E-state index contributed by atoms with van der Waals surface area (Å²) in [7, 11) is 4.08. The zero-order valence-electron chi connectivity index (χ0n) is 14.0. The summed E-state index contributed by atoms with van der Waals surface area (Å²) in [5, 5.41) is 8.87. The molecule has 0 aliphatic rings. The van der Waals surface area contributed by atoms with Crippen LogP contribution in [0.25, 0.3) is 11.6 Å². The summed E-state index contributed by atoms with van der Waals surface area (Å²) in [6.07, 6.45) is 7.29. The normalized spacial score (nSPS) is 11.5. The van der Waals surface area contributed by atoms with E-state index in [1.165, 1.54) is 22.4 Å². The fourth-order valence-corrected chi connectivity index (χ4v) is 2.34. The molecule has 0 atom stereocenters. The van der Waals surface area contributed by atoms with E-state index in [9.17, 15) is 0 Å². The number of nitriles is 1. The van der Waals surface area contributed by atoms with Gasteiger partial charge in [-0.3, -0.25) is 0 Å². The fraction of sp³-hybridized carbons (Fsp3) is 0.190. The molecule has 0 radical (unpaired) electrons. The molecule has 0 bridgehead atoms. The zero-order chi connectivity index (χ0) is 16.7. The minimum absolute atomic E-state index is 0.695. The molecule has 0 aliphatic carbocycles. The van der Waals surface area contributed by atoms with Gasteiger partial charge in [0.05, 0.1) is 11.6 Å². The maximum absolute atomic E-state index is 8.87. The van der Waals surface area contributed by atoms with Crippen molar-refractivity contribution in [3.8, 4) is 6.07 Å². The fourth-order valence-electron chi connectivity index (χ4n) is 2.34. The lowest BCUT2D eigenvalue weighted by molar-refractivity contribution is 1.13. The summed E-state index contributed by atoms with van der Waals surface area (Å²) >= 11 is 0. The molecule has 0 aliphatic heterocycles. The highest BCUT2D eigenvalue weighted by atomic mass is 15.1. The maximum atomic E-state index is 8.87. The monoisotopic (exact) mass is 302 g/mol. The second kappa shape index (κ2) is 8.00. The van der Waals surface area contributed by atoms with Crippen LogP contribution in [0, 0.1) is 11.3 Å². The van der Waals surface area contributed by atoms with Crippen molar-refractivity contribution in [1.29, 1.82) is 5.26 Å². The predicted molar refractivity (Wildman–Crippen MR) is 99.2 cm³/mol. The molecule has 23 heavy (non-hydrogen) atoms. The van der Waals surface area contributed by atoms with E-state index >= 15 is 0 Å². The highest BCUT2D eigenvalue weighted by molar-refractivity contribution is 5.69. The van der Waals surface area contributed by atoms with Crippen LogP contribution in [0.15, 0.2) is 60.7 Å². The third-order valence-electron chi connectivity index (χ3n) is 3.76. The van der Waals surface area contributed by atoms with Crippen LogP contribution < -0.4 is 4.90 Å². The lowest BCUT2D eigenvalue weighted by Gasteiger charge is -2.11. The number of anilines is 1. The minimum atomic E-state index is 0.695. The van der Waals surface area contributed by atoms with E-state index in [1.807, 2.05) is 38.4 Å². The Morgan fingerprint density at radius 3 is 2.22 bits per heavy atom. The van der Waals surface area contributed by atoms with Gasteiger partial charge in [-0.2, -0.15) is 5.26 Å². The lowest BCUT2D eigenvalue weighted by Crippen LogP contribution is -2.07. The van der Waals surface area contributed by atoms with Gasteiger partial charge in [-0.05, 0) is 47.4 Å². The van der Waals surface area contributed by atoms with Crippen molar-refractivity contribution in [2.45, 2.75) is 13.3 Å². The van der Waals surface area contributed by atoms with Gasteiger partial charge in [0, 0.05) is 19.8 Å². The number of rotatable bonds is 5. The first-order valence-electron chi connectivity index (χ1n) is 7.79. The van der Waals surface area contributed by atoms with Crippen LogP contribution in [0.5, 0.6) is 0 Å². The van der Waals surface area contributed by atoms with E-state index in [2.05, 4.69) is 60.4 Å².